The summed E-state index contributed by atoms with van der Waals surface area (Å²) in [5.41, 5.74) is 1.38. The van der Waals surface area contributed by atoms with Gasteiger partial charge < -0.3 is 14.4 Å². The Morgan fingerprint density at radius 1 is 1.37 bits per heavy atom. The fourth-order valence-corrected chi connectivity index (χ4v) is 3.08. The summed E-state index contributed by atoms with van der Waals surface area (Å²) in [6.07, 6.45) is 6.81. The summed E-state index contributed by atoms with van der Waals surface area (Å²) in [4.78, 5) is 26.8. The highest BCUT2D eigenvalue weighted by Crippen LogP contribution is 2.28. The van der Waals surface area contributed by atoms with Gasteiger partial charge in [-0.3, -0.25) is 4.68 Å². The van der Waals surface area contributed by atoms with Gasteiger partial charge in [-0.05, 0) is 41.0 Å². The highest BCUT2D eigenvalue weighted by Gasteiger charge is 2.36. The number of unbranched alkanes of at least 4 members (excludes halogenated alkanes) is 1. The number of hydrogen-bond acceptors (Lipinski definition) is 5. The van der Waals surface area contributed by atoms with Gasteiger partial charge in [0.05, 0.1) is 18.8 Å². The van der Waals surface area contributed by atoms with Gasteiger partial charge in [0.2, 0.25) is 0 Å². The topological polar surface area (TPSA) is 73.7 Å². The Kier molecular flexibility index (Phi) is 6.53. The molecule has 1 aromatic rings. The number of aryl methyl sites for hydroxylation is 1. The smallest absolute Gasteiger partial charge is 0.410 e. The lowest BCUT2D eigenvalue weighted by atomic mass is 10.00. The molecule has 0 aliphatic carbocycles. The van der Waals surface area contributed by atoms with E-state index in [0.29, 0.717) is 25.1 Å². The Labute approximate surface area is 161 Å². The molecule has 0 radical (unpaired) electrons. The quantitative estimate of drug-likeness (QED) is 0.449. The number of esters is 1. The molecule has 0 saturated carbocycles. The molecule has 7 heteroatoms. The number of carbonyl (C=O) groups excluding carboxylic acids is 2. The highest BCUT2D eigenvalue weighted by atomic mass is 16.6. The van der Waals surface area contributed by atoms with Crippen molar-refractivity contribution in [3.05, 3.63) is 17.0 Å². The summed E-state index contributed by atoms with van der Waals surface area (Å²) >= 11 is 0. The predicted octanol–water partition coefficient (Wildman–Crippen LogP) is 3.15. The summed E-state index contributed by atoms with van der Waals surface area (Å²) in [5.74, 6) is 2.17. The van der Waals surface area contributed by atoms with E-state index in [-0.39, 0.29) is 19.2 Å². The van der Waals surface area contributed by atoms with Crippen LogP contribution in [-0.4, -0.2) is 45.0 Å². The van der Waals surface area contributed by atoms with Crippen molar-refractivity contribution in [2.45, 2.75) is 78.6 Å². The van der Waals surface area contributed by atoms with Crippen molar-refractivity contribution in [3.63, 3.8) is 0 Å². The van der Waals surface area contributed by atoms with Crippen molar-refractivity contribution in [3.8, 4) is 12.3 Å². The lowest BCUT2D eigenvalue weighted by Crippen LogP contribution is -2.45. The molecule has 0 aromatic carbocycles. The molecule has 0 spiro atoms. The van der Waals surface area contributed by atoms with Gasteiger partial charge in [-0.1, -0.05) is 0 Å². The molecule has 1 aliphatic rings. The summed E-state index contributed by atoms with van der Waals surface area (Å²) in [6, 6.07) is -0.0727. The zero-order valence-electron chi connectivity index (χ0n) is 16.9. The van der Waals surface area contributed by atoms with Crippen molar-refractivity contribution in [1.29, 1.82) is 0 Å². The zero-order valence-corrected chi connectivity index (χ0v) is 16.9. The van der Waals surface area contributed by atoms with Crippen LogP contribution >= 0.6 is 0 Å². The molecule has 0 N–H and O–H groups in total. The standard InChI is InChI=1S/C20H29N3O4/c1-7-9-10-11-23-17(18(24)26-8-2)15-13-22(14(3)12-16(15)21-23)19(25)27-20(4,5)6/h1,14H,8-13H2,2-6H3/t14-/m1/s1. The van der Waals surface area contributed by atoms with Gasteiger partial charge >= 0.3 is 12.1 Å². The third kappa shape index (κ3) is 5.03. The van der Waals surface area contributed by atoms with Crippen LogP contribution in [0, 0.1) is 12.3 Å². The number of nitrogens with zero attached hydrogens (tertiary/aromatic N) is 3. The number of hydrogen-bond donors (Lipinski definition) is 0. The lowest BCUT2D eigenvalue weighted by molar-refractivity contribution is 0.0134. The van der Waals surface area contributed by atoms with Crippen molar-refractivity contribution in [2.75, 3.05) is 6.61 Å². The van der Waals surface area contributed by atoms with E-state index in [2.05, 4.69) is 11.0 Å². The maximum absolute atomic E-state index is 12.6. The van der Waals surface area contributed by atoms with Crippen molar-refractivity contribution in [1.82, 2.24) is 14.7 Å². The second kappa shape index (κ2) is 8.47. The first-order valence-electron chi connectivity index (χ1n) is 9.36. The molecule has 0 fully saturated rings. The molecule has 1 amide bonds. The van der Waals surface area contributed by atoms with E-state index in [1.54, 1.807) is 16.5 Å². The number of terminal acetylenes is 1. The first kappa shape index (κ1) is 20.8. The van der Waals surface area contributed by atoms with E-state index in [4.69, 9.17) is 15.9 Å². The van der Waals surface area contributed by atoms with Crippen LogP contribution in [0.4, 0.5) is 4.79 Å². The molecule has 1 aliphatic heterocycles. The summed E-state index contributed by atoms with van der Waals surface area (Å²) in [5, 5.41) is 4.61. The number of rotatable bonds is 5. The van der Waals surface area contributed by atoms with Gasteiger partial charge in [0.1, 0.15) is 5.60 Å². The van der Waals surface area contributed by atoms with Gasteiger partial charge in [0, 0.05) is 31.0 Å². The van der Waals surface area contributed by atoms with Gasteiger partial charge in [0.25, 0.3) is 0 Å². The lowest BCUT2D eigenvalue weighted by Gasteiger charge is -2.34. The molecule has 148 valence electrons. The molecule has 1 aromatic heterocycles. The number of carbonyl (C=O) groups is 2. The second-order valence-corrected chi connectivity index (χ2v) is 7.69. The molecule has 0 saturated heterocycles. The van der Waals surface area contributed by atoms with Gasteiger partial charge in [-0.25, -0.2) is 9.59 Å². The fourth-order valence-electron chi connectivity index (χ4n) is 3.08. The predicted molar refractivity (Wildman–Crippen MR) is 101 cm³/mol. The van der Waals surface area contributed by atoms with E-state index >= 15 is 0 Å². The normalized spacial score (nSPS) is 16.4. The van der Waals surface area contributed by atoms with Crippen LogP contribution in [0.5, 0.6) is 0 Å². The molecule has 0 unspecified atom stereocenters. The average molecular weight is 375 g/mol. The van der Waals surface area contributed by atoms with Gasteiger partial charge in [-0.15, -0.1) is 12.3 Å². The SMILES string of the molecule is C#CCCCn1nc2c(c1C(=O)OCC)CN(C(=O)OC(C)(C)C)[C@H](C)C2. The van der Waals surface area contributed by atoms with E-state index < -0.39 is 17.7 Å². The monoisotopic (exact) mass is 375 g/mol. The minimum absolute atomic E-state index is 0.0727. The molecule has 0 bridgehead atoms. The first-order valence-corrected chi connectivity index (χ1v) is 9.36. The zero-order chi connectivity index (χ0) is 20.2. The van der Waals surface area contributed by atoms with E-state index in [0.717, 1.165) is 17.7 Å². The third-order valence-electron chi connectivity index (χ3n) is 4.27. The fraction of sp³-hybridized carbons (Fsp3) is 0.650. The highest BCUT2D eigenvalue weighted by molar-refractivity contribution is 5.90. The van der Waals surface area contributed by atoms with Crippen LogP contribution in [0.1, 0.15) is 69.2 Å². The van der Waals surface area contributed by atoms with Crippen molar-refractivity contribution < 1.29 is 19.1 Å². The molecule has 7 nitrogen and oxygen atoms in total. The minimum atomic E-state index is -0.583. The maximum atomic E-state index is 12.6. The summed E-state index contributed by atoms with van der Waals surface area (Å²) in [7, 11) is 0. The maximum Gasteiger partial charge on any atom is 0.410 e. The van der Waals surface area contributed by atoms with Crippen LogP contribution in [0.2, 0.25) is 0 Å². The molecule has 2 rings (SSSR count). The average Bonchev–Trinajstić information content (AvgIpc) is 2.90. The minimum Gasteiger partial charge on any atom is -0.461 e. The number of amides is 1. The van der Waals surface area contributed by atoms with Gasteiger partial charge in [-0.2, -0.15) is 5.10 Å². The van der Waals surface area contributed by atoms with Crippen LogP contribution in [0.3, 0.4) is 0 Å². The molecule has 1 atom stereocenters. The number of fused-ring (bicyclic) bond motifs is 1. The van der Waals surface area contributed by atoms with Gasteiger partial charge in [0.15, 0.2) is 5.69 Å². The second-order valence-electron chi connectivity index (χ2n) is 7.69. The van der Waals surface area contributed by atoms with Crippen LogP contribution in [0.25, 0.3) is 0 Å². The molecular formula is C20H29N3O4. The summed E-state index contributed by atoms with van der Waals surface area (Å²) in [6.45, 7) is 10.3. The van der Waals surface area contributed by atoms with Crippen molar-refractivity contribution in [2.24, 2.45) is 0 Å². The Hall–Kier alpha value is -2.49. The number of aromatic nitrogens is 2. The Morgan fingerprint density at radius 3 is 2.67 bits per heavy atom. The molecule has 27 heavy (non-hydrogen) atoms. The van der Waals surface area contributed by atoms with E-state index in [9.17, 15) is 9.59 Å². The summed E-state index contributed by atoms with van der Waals surface area (Å²) < 4.78 is 12.4. The van der Waals surface area contributed by atoms with Crippen LogP contribution < -0.4 is 0 Å². The van der Waals surface area contributed by atoms with E-state index in [1.807, 2.05) is 27.7 Å². The first-order chi connectivity index (χ1) is 12.7. The van der Waals surface area contributed by atoms with Crippen LogP contribution in [0.15, 0.2) is 0 Å². The molecular weight excluding hydrogens is 346 g/mol. The Morgan fingerprint density at radius 2 is 2.07 bits per heavy atom. The number of ether oxygens (including phenoxy) is 2. The van der Waals surface area contributed by atoms with Crippen molar-refractivity contribution >= 4 is 12.1 Å². The Balaban J connectivity index is 2.34. The van der Waals surface area contributed by atoms with E-state index in [1.165, 1.54) is 0 Å². The largest absolute Gasteiger partial charge is 0.461 e. The van der Waals surface area contributed by atoms with Crippen LogP contribution in [-0.2, 0) is 29.0 Å². The third-order valence-corrected chi connectivity index (χ3v) is 4.27. The molecule has 2 heterocycles. The Bertz CT molecular complexity index is 740.